The number of sulfonamides is 1. The molecule has 0 amide bonds. The lowest BCUT2D eigenvalue weighted by Gasteiger charge is -2.35. The molecule has 1 unspecified atom stereocenters. The van der Waals surface area contributed by atoms with Crippen LogP contribution in [-0.2, 0) is 14.8 Å². The van der Waals surface area contributed by atoms with Crippen LogP contribution in [0.3, 0.4) is 0 Å². The van der Waals surface area contributed by atoms with E-state index in [1.54, 1.807) is 6.92 Å². The summed E-state index contributed by atoms with van der Waals surface area (Å²) in [6.07, 6.45) is 1.29. The van der Waals surface area contributed by atoms with Gasteiger partial charge in [-0.15, -0.1) is 0 Å². The smallest absolute Gasteiger partial charge is 0.240 e. The number of nitrogens with two attached hydrogens (primary N) is 1. The lowest BCUT2D eigenvalue weighted by atomic mass is 9.95. The normalized spacial score (nSPS) is 22.2. The Balaban J connectivity index is 2.23. The predicted molar refractivity (Wildman–Crippen MR) is 84.0 cm³/mol. The lowest BCUT2D eigenvalue weighted by molar-refractivity contribution is -0.0599. The molecule has 0 bridgehead atoms. The van der Waals surface area contributed by atoms with Gasteiger partial charge < -0.3 is 10.5 Å². The van der Waals surface area contributed by atoms with Crippen LogP contribution in [0.5, 0.6) is 0 Å². The summed E-state index contributed by atoms with van der Waals surface area (Å²) in [4.78, 5) is 0.145. The van der Waals surface area contributed by atoms with Crippen LogP contribution in [0, 0.1) is 6.92 Å². The van der Waals surface area contributed by atoms with Gasteiger partial charge in [0.25, 0.3) is 0 Å². The molecule has 7 heteroatoms. The number of aryl methyl sites for hydroxylation is 1. The number of halogens is 1. The number of benzene rings is 1. The summed E-state index contributed by atoms with van der Waals surface area (Å²) in [5.74, 6) is 0. The third-order valence-electron chi connectivity index (χ3n) is 3.59. The van der Waals surface area contributed by atoms with Gasteiger partial charge in [0.1, 0.15) is 0 Å². The fourth-order valence-electron chi connectivity index (χ4n) is 2.54. The molecule has 0 saturated carbocycles. The van der Waals surface area contributed by atoms with Gasteiger partial charge in [-0.1, -0.05) is 11.6 Å². The van der Waals surface area contributed by atoms with E-state index in [0.29, 0.717) is 30.0 Å². The number of rotatable bonds is 3. The van der Waals surface area contributed by atoms with Gasteiger partial charge in [-0.25, -0.2) is 13.1 Å². The molecule has 0 aromatic heterocycles. The maximum absolute atomic E-state index is 12.5. The van der Waals surface area contributed by atoms with Crippen LogP contribution in [0.2, 0.25) is 5.02 Å². The third kappa shape index (κ3) is 3.88. The average Bonchev–Trinajstić information content (AvgIpc) is 2.33. The van der Waals surface area contributed by atoms with Crippen molar-refractivity contribution in [1.29, 1.82) is 0 Å². The highest BCUT2D eigenvalue weighted by molar-refractivity contribution is 7.89. The van der Waals surface area contributed by atoms with Crippen molar-refractivity contribution in [2.75, 3.05) is 12.3 Å². The van der Waals surface area contributed by atoms with Crippen molar-refractivity contribution in [2.24, 2.45) is 0 Å². The van der Waals surface area contributed by atoms with E-state index in [-0.39, 0.29) is 22.2 Å². The number of hydrogen-bond donors (Lipinski definition) is 2. The van der Waals surface area contributed by atoms with Gasteiger partial charge in [0, 0.05) is 12.6 Å². The minimum atomic E-state index is -3.62. The quantitative estimate of drug-likeness (QED) is 0.833. The molecular formula is C14H21ClN2O3S. The summed E-state index contributed by atoms with van der Waals surface area (Å²) >= 11 is 5.97. The van der Waals surface area contributed by atoms with Crippen LogP contribution in [-0.4, -0.2) is 26.7 Å². The van der Waals surface area contributed by atoms with Crippen molar-refractivity contribution in [3.8, 4) is 0 Å². The highest BCUT2D eigenvalue weighted by atomic mass is 35.5. The van der Waals surface area contributed by atoms with Gasteiger partial charge in [0.15, 0.2) is 0 Å². The van der Waals surface area contributed by atoms with E-state index in [0.717, 1.165) is 0 Å². The molecule has 21 heavy (non-hydrogen) atoms. The first-order valence-electron chi connectivity index (χ1n) is 6.83. The molecule has 0 radical (unpaired) electrons. The Kier molecular flexibility index (Phi) is 4.54. The van der Waals surface area contributed by atoms with Gasteiger partial charge in [-0.3, -0.25) is 0 Å². The van der Waals surface area contributed by atoms with Crippen molar-refractivity contribution in [1.82, 2.24) is 4.72 Å². The molecule has 5 nitrogen and oxygen atoms in total. The monoisotopic (exact) mass is 332 g/mol. The van der Waals surface area contributed by atoms with E-state index < -0.39 is 10.0 Å². The van der Waals surface area contributed by atoms with E-state index in [1.807, 2.05) is 13.8 Å². The van der Waals surface area contributed by atoms with Gasteiger partial charge >= 0.3 is 0 Å². The minimum Gasteiger partial charge on any atom is -0.397 e. The number of anilines is 1. The molecule has 1 aliphatic rings. The van der Waals surface area contributed by atoms with Crippen molar-refractivity contribution >= 4 is 27.3 Å². The van der Waals surface area contributed by atoms with Crippen LogP contribution in [0.25, 0.3) is 0 Å². The maximum atomic E-state index is 12.5. The lowest BCUT2D eigenvalue weighted by Crippen LogP contribution is -2.45. The van der Waals surface area contributed by atoms with Crippen molar-refractivity contribution < 1.29 is 13.2 Å². The second kappa shape index (κ2) is 5.76. The van der Waals surface area contributed by atoms with Crippen LogP contribution in [0.4, 0.5) is 5.69 Å². The molecule has 3 N–H and O–H groups in total. The van der Waals surface area contributed by atoms with Gasteiger partial charge in [-0.2, -0.15) is 0 Å². The summed E-state index contributed by atoms with van der Waals surface area (Å²) in [5, 5.41) is 0.390. The summed E-state index contributed by atoms with van der Waals surface area (Å²) in [6.45, 7) is 6.19. The van der Waals surface area contributed by atoms with Gasteiger partial charge in [-0.05, 0) is 51.3 Å². The Morgan fingerprint density at radius 3 is 2.67 bits per heavy atom. The van der Waals surface area contributed by atoms with Gasteiger partial charge in [0.2, 0.25) is 10.0 Å². The number of nitrogens with one attached hydrogen (secondary N) is 1. The van der Waals surface area contributed by atoms with E-state index in [4.69, 9.17) is 22.1 Å². The standard InChI is InChI=1S/C14H21ClN2O3S/c1-9-6-11(7-12(16)13(9)15)21(18,19)17-10-4-5-20-14(2,3)8-10/h6-7,10,17H,4-5,8,16H2,1-3H3. The van der Waals surface area contributed by atoms with E-state index in [2.05, 4.69) is 4.72 Å². The van der Waals surface area contributed by atoms with Crippen LogP contribution < -0.4 is 10.5 Å². The second-order valence-corrected chi connectivity index (χ2v) is 8.15. The Bertz CT molecular complexity index is 621. The number of nitrogen functional groups attached to an aromatic ring is 1. The molecule has 1 aromatic carbocycles. The zero-order valence-electron chi connectivity index (χ0n) is 12.4. The molecule has 1 fully saturated rings. The van der Waals surface area contributed by atoms with Crippen LogP contribution >= 0.6 is 11.6 Å². The Morgan fingerprint density at radius 1 is 1.43 bits per heavy atom. The molecule has 1 atom stereocenters. The summed E-state index contributed by atoms with van der Waals surface area (Å²) in [6, 6.07) is 2.78. The SMILES string of the molecule is Cc1cc(S(=O)(=O)NC2CCOC(C)(C)C2)cc(N)c1Cl. The molecule has 1 aliphatic heterocycles. The average molecular weight is 333 g/mol. The topological polar surface area (TPSA) is 81.4 Å². The highest BCUT2D eigenvalue weighted by Gasteiger charge is 2.31. The van der Waals surface area contributed by atoms with Gasteiger partial charge in [0.05, 0.1) is 21.2 Å². The number of ether oxygens (including phenoxy) is 1. The first-order valence-corrected chi connectivity index (χ1v) is 8.69. The summed E-state index contributed by atoms with van der Waals surface area (Å²) < 4.78 is 33.3. The van der Waals surface area contributed by atoms with Crippen LogP contribution in [0.15, 0.2) is 17.0 Å². The molecule has 1 saturated heterocycles. The predicted octanol–water partition coefficient (Wildman–Crippen LogP) is 2.47. The third-order valence-corrected chi connectivity index (χ3v) is 5.60. The van der Waals surface area contributed by atoms with E-state index >= 15 is 0 Å². The van der Waals surface area contributed by atoms with Crippen molar-refractivity contribution in [2.45, 2.75) is 50.2 Å². The zero-order valence-corrected chi connectivity index (χ0v) is 14.0. The molecule has 0 aliphatic carbocycles. The Labute approximate surface area is 130 Å². The van der Waals surface area contributed by atoms with E-state index in [9.17, 15) is 8.42 Å². The molecular weight excluding hydrogens is 312 g/mol. The highest BCUT2D eigenvalue weighted by Crippen LogP contribution is 2.28. The molecule has 1 heterocycles. The van der Waals surface area contributed by atoms with E-state index in [1.165, 1.54) is 12.1 Å². The Morgan fingerprint density at radius 2 is 2.10 bits per heavy atom. The largest absolute Gasteiger partial charge is 0.397 e. The minimum absolute atomic E-state index is 0.143. The first kappa shape index (κ1) is 16.5. The number of hydrogen-bond acceptors (Lipinski definition) is 4. The molecule has 2 rings (SSSR count). The first-order chi connectivity index (χ1) is 9.61. The molecule has 1 aromatic rings. The second-order valence-electron chi connectivity index (χ2n) is 6.06. The molecule has 0 spiro atoms. The maximum Gasteiger partial charge on any atom is 0.240 e. The van der Waals surface area contributed by atoms with Crippen molar-refractivity contribution in [3.05, 3.63) is 22.7 Å². The fourth-order valence-corrected chi connectivity index (χ4v) is 4.04. The Hall–Kier alpha value is -0.820. The zero-order chi connectivity index (χ0) is 15.8. The molecule has 118 valence electrons. The fraction of sp³-hybridized carbons (Fsp3) is 0.571. The van der Waals surface area contributed by atoms with Crippen LogP contribution in [0.1, 0.15) is 32.3 Å². The summed E-state index contributed by atoms with van der Waals surface area (Å²) in [5.41, 5.74) is 6.34. The van der Waals surface area contributed by atoms with Crippen molar-refractivity contribution in [3.63, 3.8) is 0 Å². The summed E-state index contributed by atoms with van der Waals surface area (Å²) in [7, 11) is -3.62.